The van der Waals surface area contributed by atoms with Crippen LogP contribution in [0.25, 0.3) is 22.4 Å². The molecule has 5 rings (SSSR count). The average molecular weight is 437 g/mol. The molecule has 1 unspecified atom stereocenters. The number of aromatic nitrogens is 2. The molecule has 0 bridgehead atoms. The molecule has 31 heavy (non-hydrogen) atoms. The number of aryl methyl sites for hydroxylation is 2. The molecule has 1 aliphatic heterocycles. The molecule has 0 saturated carbocycles. The minimum Gasteiger partial charge on any atom is -0.454 e. The summed E-state index contributed by atoms with van der Waals surface area (Å²) < 4.78 is 13.5. The summed E-state index contributed by atoms with van der Waals surface area (Å²) in [5.41, 5.74) is 2.94. The van der Waals surface area contributed by atoms with Crippen molar-refractivity contribution in [2.45, 2.75) is 19.5 Å². The maximum absolute atomic E-state index is 6.08. The van der Waals surface area contributed by atoms with Crippen molar-refractivity contribution in [3.8, 4) is 11.5 Å². The van der Waals surface area contributed by atoms with Crippen LogP contribution in [0.1, 0.15) is 21.4 Å². The maximum Gasteiger partial charge on any atom is 0.156 e. The molecule has 0 radical (unpaired) electrons. The zero-order valence-electron chi connectivity index (χ0n) is 18.0. The van der Waals surface area contributed by atoms with Crippen molar-refractivity contribution in [3.63, 3.8) is 0 Å². The highest BCUT2D eigenvalue weighted by molar-refractivity contribution is 7.12. The molecule has 1 aromatic carbocycles. The third-order valence-corrected chi connectivity index (χ3v) is 6.89. The molecule has 3 aromatic heterocycles. The molecular formula is C24H28N4O2S. The number of hydrogen-bond acceptors (Lipinski definition) is 6. The van der Waals surface area contributed by atoms with Crippen molar-refractivity contribution < 1.29 is 9.15 Å². The number of para-hydroxylation sites is 1. The number of morpholine rings is 1. The Hall–Kier alpha value is -2.45. The van der Waals surface area contributed by atoms with E-state index in [2.05, 4.69) is 52.7 Å². The van der Waals surface area contributed by atoms with Gasteiger partial charge in [-0.3, -0.25) is 9.58 Å². The Balaban J connectivity index is 1.33. The zero-order chi connectivity index (χ0) is 21.2. The van der Waals surface area contributed by atoms with Crippen molar-refractivity contribution in [2.24, 2.45) is 7.05 Å². The second kappa shape index (κ2) is 8.96. The van der Waals surface area contributed by atoms with E-state index < -0.39 is 0 Å². The van der Waals surface area contributed by atoms with E-state index in [-0.39, 0.29) is 0 Å². The van der Waals surface area contributed by atoms with E-state index in [4.69, 9.17) is 9.15 Å². The largest absolute Gasteiger partial charge is 0.454 e. The molecule has 1 atom stereocenters. The Kier molecular flexibility index (Phi) is 5.91. The van der Waals surface area contributed by atoms with Crippen molar-refractivity contribution in [1.29, 1.82) is 0 Å². The number of benzene rings is 1. The summed E-state index contributed by atoms with van der Waals surface area (Å²) in [6, 6.07) is 15.0. The number of fused-ring (bicyclic) bond motifs is 1. The van der Waals surface area contributed by atoms with Gasteiger partial charge in [-0.25, -0.2) is 0 Å². The molecule has 1 aliphatic rings. The van der Waals surface area contributed by atoms with Gasteiger partial charge in [-0.15, -0.1) is 11.3 Å². The molecule has 0 aliphatic carbocycles. The summed E-state index contributed by atoms with van der Waals surface area (Å²) in [6.45, 7) is 7.35. The summed E-state index contributed by atoms with van der Waals surface area (Å²) in [7, 11) is 1.96. The predicted molar refractivity (Wildman–Crippen MR) is 124 cm³/mol. The van der Waals surface area contributed by atoms with Crippen LogP contribution in [0.2, 0.25) is 0 Å². The fraction of sp³-hybridized carbons (Fsp3) is 0.375. The fourth-order valence-corrected chi connectivity index (χ4v) is 5.26. The van der Waals surface area contributed by atoms with Gasteiger partial charge in [0.2, 0.25) is 0 Å². The lowest BCUT2D eigenvalue weighted by atomic mass is 10.1. The first-order chi connectivity index (χ1) is 15.2. The Morgan fingerprint density at radius 1 is 1.16 bits per heavy atom. The number of nitrogens with zero attached hydrogens (tertiary/aromatic N) is 3. The highest BCUT2D eigenvalue weighted by Gasteiger charge is 2.24. The maximum atomic E-state index is 6.08. The molecule has 1 saturated heterocycles. The summed E-state index contributed by atoms with van der Waals surface area (Å²) in [5.74, 6) is 0.817. The second-order valence-corrected chi connectivity index (χ2v) is 9.39. The minimum atomic E-state index is 0.355. The van der Waals surface area contributed by atoms with E-state index in [1.165, 1.54) is 9.75 Å². The van der Waals surface area contributed by atoms with Gasteiger partial charge in [0, 0.05) is 60.1 Å². The molecule has 1 fully saturated rings. The number of thiophene rings is 1. The topological polar surface area (TPSA) is 55.5 Å². The van der Waals surface area contributed by atoms with Crippen LogP contribution in [-0.2, 0) is 18.3 Å². The van der Waals surface area contributed by atoms with Gasteiger partial charge >= 0.3 is 0 Å². The second-order valence-electron chi connectivity index (χ2n) is 8.07. The Bertz CT molecular complexity index is 1120. The third-order valence-electron chi connectivity index (χ3n) is 5.79. The highest BCUT2D eigenvalue weighted by atomic mass is 32.1. The Labute approximate surface area is 186 Å². The van der Waals surface area contributed by atoms with E-state index >= 15 is 0 Å². The summed E-state index contributed by atoms with van der Waals surface area (Å²) >= 11 is 1.89. The monoisotopic (exact) mass is 436 g/mol. The van der Waals surface area contributed by atoms with E-state index in [0.717, 1.165) is 67.4 Å². The van der Waals surface area contributed by atoms with Crippen LogP contribution < -0.4 is 5.32 Å². The molecule has 4 aromatic rings. The zero-order valence-corrected chi connectivity index (χ0v) is 18.8. The van der Waals surface area contributed by atoms with Gasteiger partial charge in [0.15, 0.2) is 5.76 Å². The first kappa shape index (κ1) is 20.5. The van der Waals surface area contributed by atoms with Crippen LogP contribution in [0, 0.1) is 6.92 Å². The molecular weight excluding hydrogens is 408 g/mol. The molecule has 0 spiro atoms. The van der Waals surface area contributed by atoms with E-state index in [9.17, 15) is 0 Å². The van der Waals surface area contributed by atoms with Gasteiger partial charge in [-0.05, 0) is 31.2 Å². The Morgan fingerprint density at radius 2 is 2.00 bits per heavy atom. The summed E-state index contributed by atoms with van der Waals surface area (Å²) in [6.07, 6.45) is 2.08. The first-order valence-electron chi connectivity index (χ1n) is 10.8. The number of rotatable bonds is 7. The predicted octanol–water partition coefficient (Wildman–Crippen LogP) is 4.37. The quantitative estimate of drug-likeness (QED) is 0.466. The van der Waals surface area contributed by atoms with E-state index in [1.807, 2.05) is 41.3 Å². The summed E-state index contributed by atoms with van der Waals surface area (Å²) in [5, 5.41) is 9.48. The van der Waals surface area contributed by atoms with Gasteiger partial charge in [-0.1, -0.05) is 18.2 Å². The molecule has 4 heterocycles. The minimum absolute atomic E-state index is 0.355. The van der Waals surface area contributed by atoms with Crippen molar-refractivity contribution >= 4 is 22.3 Å². The lowest BCUT2D eigenvalue weighted by molar-refractivity contribution is 0.0168. The highest BCUT2D eigenvalue weighted by Crippen LogP contribution is 2.30. The molecule has 7 heteroatoms. The van der Waals surface area contributed by atoms with Crippen LogP contribution in [0.5, 0.6) is 0 Å². The van der Waals surface area contributed by atoms with E-state index in [0.29, 0.717) is 6.04 Å². The average Bonchev–Trinajstić information content (AvgIpc) is 3.49. The number of furan rings is 1. The molecule has 1 N–H and O–H groups in total. The smallest absolute Gasteiger partial charge is 0.156 e. The third kappa shape index (κ3) is 4.45. The first-order valence-corrected chi connectivity index (χ1v) is 11.6. The fourth-order valence-electron chi connectivity index (χ4n) is 4.25. The van der Waals surface area contributed by atoms with E-state index in [1.54, 1.807) is 0 Å². The van der Waals surface area contributed by atoms with Gasteiger partial charge in [0.1, 0.15) is 11.3 Å². The van der Waals surface area contributed by atoms with Gasteiger partial charge < -0.3 is 14.5 Å². The van der Waals surface area contributed by atoms with Crippen LogP contribution in [0.4, 0.5) is 0 Å². The van der Waals surface area contributed by atoms with Gasteiger partial charge in [-0.2, -0.15) is 5.10 Å². The lowest BCUT2D eigenvalue weighted by Gasteiger charge is -2.34. The van der Waals surface area contributed by atoms with Crippen LogP contribution >= 0.6 is 11.3 Å². The lowest BCUT2D eigenvalue weighted by Crippen LogP contribution is -2.42. The number of ether oxygens (including phenoxy) is 1. The molecule has 6 nitrogen and oxygen atoms in total. The normalized spacial score (nSPS) is 16.2. The van der Waals surface area contributed by atoms with Crippen molar-refractivity contribution in [1.82, 2.24) is 20.0 Å². The molecule has 162 valence electrons. The van der Waals surface area contributed by atoms with Crippen molar-refractivity contribution in [2.75, 3.05) is 32.8 Å². The van der Waals surface area contributed by atoms with Gasteiger partial charge in [0.05, 0.1) is 19.3 Å². The van der Waals surface area contributed by atoms with Gasteiger partial charge in [0.25, 0.3) is 0 Å². The standard InChI is InChI=1S/C24H28N4O2S/c1-17-7-8-23(31-17)20(28-9-11-29-12-10-28)15-25-14-19-16-27(2)26-24(19)22-13-18-5-3-4-6-21(18)30-22/h3-8,13,16,20,25H,9-12,14-15H2,1-2H3. The number of hydrogen-bond donors (Lipinski definition) is 1. The molecule has 0 amide bonds. The van der Waals surface area contributed by atoms with Crippen LogP contribution in [0.15, 0.2) is 53.1 Å². The Morgan fingerprint density at radius 3 is 2.77 bits per heavy atom. The number of nitrogens with one attached hydrogen (secondary N) is 1. The SMILES string of the molecule is Cc1ccc(C(CNCc2cn(C)nc2-c2cc3ccccc3o2)N2CCOCC2)s1. The van der Waals surface area contributed by atoms with Crippen LogP contribution in [0.3, 0.4) is 0 Å². The summed E-state index contributed by atoms with van der Waals surface area (Å²) in [4.78, 5) is 5.30. The van der Waals surface area contributed by atoms with Crippen molar-refractivity contribution in [3.05, 3.63) is 64.0 Å². The van der Waals surface area contributed by atoms with Crippen LogP contribution in [-0.4, -0.2) is 47.5 Å².